The Bertz CT molecular complexity index is 557. The summed E-state index contributed by atoms with van der Waals surface area (Å²) in [5, 5.41) is 11.2. The Morgan fingerprint density at radius 3 is 2.60 bits per heavy atom. The first-order chi connectivity index (χ1) is 9.78. The van der Waals surface area contributed by atoms with Crippen molar-refractivity contribution in [2.75, 3.05) is 5.73 Å². The molecule has 0 aliphatic heterocycles. The first kappa shape index (κ1) is 13.1. The van der Waals surface area contributed by atoms with Gasteiger partial charge in [0.1, 0.15) is 0 Å². The number of nitrogens with two attached hydrogens (primary N) is 1. The van der Waals surface area contributed by atoms with Crippen LogP contribution in [0.3, 0.4) is 0 Å². The molecule has 2 aromatic rings. The molecule has 0 spiro atoms. The van der Waals surface area contributed by atoms with Gasteiger partial charge >= 0.3 is 0 Å². The topological polar surface area (TPSA) is 104 Å². The number of nitrogen functional groups attached to an aromatic ring is 1. The number of hydrogen-bond acceptors (Lipinski definition) is 7. The summed E-state index contributed by atoms with van der Waals surface area (Å²) >= 11 is 0. The zero-order valence-electron chi connectivity index (χ0n) is 11.6. The van der Waals surface area contributed by atoms with Crippen LogP contribution in [-0.4, -0.2) is 20.5 Å². The van der Waals surface area contributed by atoms with Gasteiger partial charge in [-0.15, -0.1) is 0 Å². The van der Waals surface area contributed by atoms with E-state index in [1.807, 2.05) is 0 Å². The van der Waals surface area contributed by atoms with Crippen LogP contribution in [0.15, 0.2) is 9.15 Å². The second-order valence-electron chi connectivity index (χ2n) is 5.46. The third-order valence-electron chi connectivity index (χ3n) is 4.07. The van der Waals surface area contributed by atoms with Crippen molar-refractivity contribution in [1.29, 1.82) is 0 Å². The van der Waals surface area contributed by atoms with Crippen LogP contribution in [0.25, 0.3) is 11.6 Å². The molecule has 2 N–H and O–H groups in total. The quantitative estimate of drug-likeness (QED) is 0.916. The highest BCUT2D eigenvalue weighted by molar-refractivity contribution is 5.60. The number of rotatable bonds is 4. The maximum absolute atomic E-state index is 5.62. The van der Waals surface area contributed by atoms with Gasteiger partial charge in [0.15, 0.2) is 5.82 Å². The van der Waals surface area contributed by atoms with Gasteiger partial charge in [-0.1, -0.05) is 24.9 Å². The van der Waals surface area contributed by atoms with Gasteiger partial charge in [0.2, 0.25) is 11.5 Å². The van der Waals surface area contributed by atoms with E-state index in [1.54, 1.807) is 0 Å². The molecule has 1 fully saturated rings. The maximum atomic E-state index is 5.62. The van der Waals surface area contributed by atoms with Crippen LogP contribution in [0.1, 0.15) is 57.2 Å². The molecule has 20 heavy (non-hydrogen) atoms. The number of aromatic nitrogens is 4. The molecule has 1 aliphatic carbocycles. The molecule has 2 aromatic heterocycles. The van der Waals surface area contributed by atoms with E-state index in [0.717, 1.165) is 24.6 Å². The van der Waals surface area contributed by atoms with Gasteiger partial charge in [0.25, 0.3) is 5.89 Å². The molecule has 1 saturated carbocycles. The van der Waals surface area contributed by atoms with Crippen molar-refractivity contribution in [3.8, 4) is 11.6 Å². The summed E-state index contributed by atoms with van der Waals surface area (Å²) in [4.78, 5) is 4.39. The fourth-order valence-electron chi connectivity index (χ4n) is 2.96. The van der Waals surface area contributed by atoms with Gasteiger partial charge in [-0.05, 0) is 41.9 Å². The lowest BCUT2D eigenvalue weighted by molar-refractivity contribution is 0.296. The minimum absolute atomic E-state index is 0.173. The van der Waals surface area contributed by atoms with Crippen LogP contribution in [-0.2, 0) is 0 Å². The van der Waals surface area contributed by atoms with Gasteiger partial charge in [-0.2, -0.15) is 4.98 Å². The molecule has 108 valence electrons. The van der Waals surface area contributed by atoms with E-state index in [4.69, 9.17) is 10.3 Å². The zero-order chi connectivity index (χ0) is 13.9. The molecule has 0 atom stereocenters. The van der Waals surface area contributed by atoms with Crippen molar-refractivity contribution < 1.29 is 9.15 Å². The average molecular weight is 277 g/mol. The Labute approximate surface area is 116 Å². The average Bonchev–Trinajstić information content (AvgIpc) is 3.08. The lowest BCUT2D eigenvalue weighted by Crippen LogP contribution is -2.14. The fraction of sp³-hybridized carbons (Fsp3) is 0.692. The molecule has 0 saturated heterocycles. The van der Waals surface area contributed by atoms with Gasteiger partial charge in [0, 0.05) is 5.92 Å². The van der Waals surface area contributed by atoms with Crippen LogP contribution < -0.4 is 5.73 Å². The van der Waals surface area contributed by atoms with Crippen LogP contribution in [0.4, 0.5) is 5.82 Å². The van der Waals surface area contributed by atoms with E-state index in [2.05, 4.69) is 32.0 Å². The molecule has 0 radical (unpaired) electrons. The summed E-state index contributed by atoms with van der Waals surface area (Å²) in [5.41, 5.74) is 5.94. The molecule has 7 heteroatoms. The number of nitrogens with zero attached hydrogens (tertiary/aromatic N) is 4. The molecule has 0 unspecified atom stereocenters. The smallest absolute Gasteiger partial charge is 0.284 e. The molecule has 1 aliphatic rings. The summed E-state index contributed by atoms with van der Waals surface area (Å²) in [6.07, 6.45) is 7.32. The van der Waals surface area contributed by atoms with Crippen LogP contribution in [0, 0.1) is 5.92 Å². The predicted octanol–water partition coefficient (Wildman–Crippen LogP) is 2.78. The summed E-state index contributed by atoms with van der Waals surface area (Å²) < 4.78 is 9.76. The Hall–Kier alpha value is -1.92. The molecule has 0 aromatic carbocycles. The summed E-state index contributed by atoms with van der Waals surface area (Å²) in [7, 11) is 0. The first-order valence-corrected chi connectivity index (χ1v) is 7.20. The third-order valence-corrected chi connectivity index (χ3v) is 4.07. The van der Waals surface area contributed by atoms with Gasteiger partial charge in [-0.25, -0.2) is 4.63 Å². The molecule has 3 rings (SSSR count). The molecule has 0 bridgehead atoms. The number of hydrogen-bond donors (Lipinski definition) is 1. The standard InChI is InChI=1S/C13H19N5O2/c1-2-3-8-4-6-9(7-5-8)12-15-13(19-18-12)10-11(14)17-20-16-10/h8-9H,2-7H2,1H3,(H2,14,17). The van der Waals surface area contributed by atoms with Crippen LogP contribution in [0.5, 0.6) is 0 Å². The van der Waals surface area contributed by atoms with E-state index < -0.39 is 0 Å². The highest BCUT2D eigenvalue weighted by Crippen LogP contribution is 2.37. The van der Waals surface area contributed by atoms with Crippen molar-refractivity contribution in [1.82, 2.24) is 20.5 Å². The van der Waals surface area contributed by atoms with Crippen molar-refractivity contribution in [2.45, 2.75) is 51.4 Å². The van der Waals surface area contributed by atoms with E-state index >= 15 is 0 Å². The normalized spacial score (nSPS) is 23.1. The maximum Gasteiger partial charge on any atom is 0.284 e. The van der Waals surface area contributed by atoms with Gasteiger partial charge < -0.3 is 10.3 Å². The molecular formula is C13H19N5O2. The second-order valence-corrected chi connectivity index (χ2v) is 5.46. The lowest BCUT2D eigenvalue weighted by Gasteiger charge is -2.26. The fourth-order valence-corrected chi connectivity index (χ4v) is 2.96. The van der Waals surface area contributed by atoms with Crippen molar-refractivity contribution in [2.24, 2.45) is 5.92 Å². The van der Waals surface area contributed by atoms with Gasteiger partial charge in [-0.3, -0.25) is 0 Å². The minimum atomic E-state index is 0.173. The number of anilines is 1. The Morgan fingerprint density at radius 2 is 1.95 bits per heavy atom. The van der Waals surface area contributed by atoms with Crippen molar-refractivity contribution >= 4 is 5.82 Å². The summed E-state index contributed by atoms with van der Waals surface area (Å²) in [6, 6.07) is 0. The highest BCUT2D eigenvalue weighted by atomic mass is 16.6. The highest BCUT2D eigenvalue weighted by Gasteiger charge is 2.26. The summed E-state index contributed by atoms with van der Waals surface area (Å²) in [6.45, 7) is 2.24. The van der Waals surface area contributed by atoms with Crippen LogP contribution >= 0.6 is 0 Å². The zero-order valence-corrected chi connectivity index (χ0v) is 11.6. The van der Waals surface area contributed by atoms with E-state index in [0.29, 0.717) is 11.6 Å². The lowest BCUT2D eigenvalue weighted by atomic mass is 9.80. The predicted molar refractivity (Wildman–Crippen MR) is 71.6 cm³/mol. The molecule has 0 amide bonds. The Kier molecular flexibility index (Phi) is 3.66. The van der Waals surface area contributed by atoms with Gasteiger partial charge in [0.05, 0.1) is 0 Å². The third kappa shape index (κ3) is 2.52. The van der Waals surface area contributed by atoms with Crippen LogP contribution in [0.2, 0.25) is 0 Å². The summed E-state index contributed by atoms with van der Waals surface area (Å²) in [5.74, 6) is 2.44. The van der Waals surface area contributed by atoms with E-state index in [1.165, 1.54) is 25.7 Å². The molecular weight excluding hydrogens is 258 g/mol. The largest absolute Gasteiger partial charge is 0.379 e. The monoisotopic (exact) mass is 277 g/mol. The molecule has 2 heterocycles. The minimum Gasteiger partial charge on any atom is -0.379 e. The Balaban J connectivity index is 1.68. The first-order valence-electron chi connectivity index (χ1n) is 7.20. The Morgan fingerprint density at radius 1 is 1.15 bits per heavy atom. The van der Waals surface area contributed by atoms with Crippen molar-refractivity contribution in [3.63, 3.8) is 0 Å². The SMILES string of the molecule is CCCC1CCC(c2noc(-c3nonc3N)n2)CC1. The van der Waals surface area contributed by atoms with Crippen molar-refractivity contribution in [3.05, 3.63) is 5.82 Å². The van der Waals surface area contributed by atoms with E-state index in [-0.39, 0.29) is 11.7 Å². The molecule has 7 nitrogen and oxygen atoms in total. The van der Waals surface area contributed by atoms with E-state index in [9.17, 15) is 0 Å². The second kappa shape index (κ2) is 5.60.